The average molecular weight is 291 g/mol. The van der Waals surface area contributed by atoms with E-state index in [9.17, 15) is 9.90 Å². The third-order valence-electron chi connectivity index (χ3n) is 5.63. The maximum atomic E-state index is 12.3. The van der Waals surface area contributed by atoms with Crippen LogP contribution in [0.15, 0.2) is 0 Å². The number of amides is 1. The molecule has 0 radical (unpaired) electrons. The summed E-state index contributed by atoms with van der Waals surface area (Å²) in [6.07, 6.45) is 5.54. The van der Waals surface area contributed by atoms with Gasteiger partial charge in [-0.05, 0) is 57.3 Å². The van der Waals surface area contributed by atoms with E-state index in [0.717, 1.165) is 38.5 Å². The number of carbonyl (C=O) groups excluding carboxylic acids is 1. The van der Waals surface area contributed by atoms with Crippen molar-refractivity contribution in [3.05, 3.63) is 0 Å². The van der Waals surface area contributed by atoms with Crippen molar-refractivity contribution in [2.45, 2.75) is 63.1 Å². The third kappa shape index (κ3) is 2.93. The van der Waals surface area contributed by atoms with Gasteiger partial charge in [0.15, 0.2) is 0 Å². The SMILES string of the molecule is C[C@]1(NCC(=O)N2CCC[C@H]2C#N)C[C@H]2C[C@@H](O)C[C@H]2C1. The summed E-state index contributed by atoms with van der Waals surface area (Å²) in [5, 5.41) is 22.2. The number of aliphatic hydroxyl groups is 1. The normalized spacial score (nSPS) is 42.0. The molecule has 3 fully saturated rings. The van der Waals surface area contributed by atoms with Crippen LogP contribution >= 0.6 is 0 Å². The molecule has 1 saturated heterocycles. The van der Waals surface area contributed by atoms with E-state index in [1.807, 2.05) is 0 Å². The Morgan fingerprint density at radius 2 is 2.10 bits per heavy atom. The van der Waals surface area contributed by atoms with Gasteiger partial charge in [-0.1, -0.05) is 0 Å². The van der Waals surface area contributed by atoms with Gasteiger partial charge in [-0.25, -0.2) is 0 Å². The molecule has 1 aliphatic heterocycles. The number of aliphatic hydroxyl groups excluding tert-OH is 1. The standard InChI is InChI=1S/C16H25N3O2/c1-16(7-11-5-14(20)6-12(11)8-16)18-10-15(21)19-4-2-3-13(19)9-17/h11-14,18,20H,2-8,10H2,1H3/t11-,12+,13-,14-,16+/m0/s1. The van der Waals surface area contributed by atoms with Crippen LogP contribution in [0.1, 0.15) is 45.4 Å². The number of hydrogen-bond acceptors (Lipinski definition) is 4. The van der Waals surface area contributed by atoms with E-state index < -0.39 is 0 Å². The number of likely N-dealkylation sites (tertiary alicyclic amines) is 1. The van der Waals surface area contributed by atoms with Crippen LogP contribution in [-0.2, 0) is 4.79 Å². The number of rotatable bonds is 3. The summed E-state index contributed by atoms with van der Waals surface area (Å²) in [5.41, 5.74) is 0.00694. The molecule has 1 amide bonds. The number of fused-ring (bicyclic) bond motifs is 1. The van der Waals surface area contributed by atoms with Crippen molar-refractivity contribution in [2.75, 3.05) is 13.1 Å². The smallest absolute Gasteiger partial charge is 0.237 e. The van der Waals surface area contributed by atoms with Gasteiger partial charge in [-0.15, -0.1) is 0 Å². The second-order valence-corrected chi connectivity index (χ2v) is 7.34. The van der Waals surface area contributed by atoms with E-state index in [4.69, 9.17) is 5.26 Å². The molecule has 0 spiro atoms. The molecular weight excluding hydrogens is 266 g/mol. The zero-order chi connectivity index (χ0) is 15.0. The Kier molecular flexibility index (Phi) is 3.94. The fraction of sp³-hybridized carbons (Fsp3) is 0.875. The highest BCUT2D eigenvalue weighted by atomic mass is 16.3. The van der Waals surface area contributed by atoms with Crippen molar-refractivity contribution in [1.29, 1.82) is 5.26 Å². The molecular formula is C16H25N3O2. The minimum Gasteiger partial charge on any atom is -0.393 e. The summed E-state index contributed by atoms with van der Waals surface area (Å²) in [7, 11) is 0. The van der Waals surface area contributed by atoms with Crippen molar-refractivity contribution in [2.24, 2.45) is 11.8 Å². The molecule has 3 rings (SSSR count). The second-order valence-electron chi connectivity index (χ2n) is 7.34. The molecule has 5 atom stereocenters. The minimum absolute atomic E-state index is 0.00694. The lowest BCUT2D eigenvalue weighted by Gasteiger charge is -2.29. The lowest BCUT2D eigenvalue weighted by atomic mass is 9.96. The van der Waals surface area contributed by atoms with Gasteiger partial charge in [-0.2, -0.15) is 5.26 Å². The maximum absolute atomic E-state index is 12.3. The van der Waals surface area contributed by atoms with Gasteiger partial charge in [0, 0.05) is 12.1 Å². The predicted octanol–water partition coefficient (Wildman–Crippen LogP) is 1.03. The van der Waals surface area contributed by atoms with Gasteiger partial charge in [0.25, 0.3) is 0 Å². The Labute approximate surface area is 126 Å². The molecule has 3 aliphatic rings. The van der Waals surface area contributed by atoms with Crippen molar-refractivity contribution in [3.63, 3.8) is 0 Å². The van der Waals surface area contributed by atoms with Crippen molar-refractivity contribution in [1.82, 2.24) is 10.2 Å². The van der Waals surface area contributed by atoms with Crippen molar-refractivity contribution >= 4 is 5.91 Å². The molecule has 2 aliphatic carbocycles. The van der Waals surface area contributed by atoms with E-state index in [-0.39, 0.29) is 23.6 Å². The molecule has 0 bridgehead atoms. The molecule has 116 valence electrons. The van der Waals surface area contributed by atoms with Crippen LogP contribution in [0.2, 0.25) is 0 Å². The fourth-order valence-electron chi connectivity index (χ4n) is 4.66. The van der Waals surface area contributed by atoms with Crippen LogP contribution in [0, 0.1) is 23.2 Å². The van der Waals surface area contributed by atoms with Gasteiger partial charge < -0.3 is 15.3 Å². The predicted molar refractivity (Wildman–Crippen MR) is 78.2 cm³/mol. The monoisotopic (exact) mass is 291 g/mol. The average Bonchev–Trinajstić information content (AvgIpc) is 3.09. The van der Waals surface area contributed by atoms with Crippen LogP contribution in [0.25, 0.3) is 0 Å². The first-order valence-corrected chi connectivity index (χ1v) is 8.13. The molecule has 0 unspecified atom stereocenters. The summed E-state index contributed by atoms with van der Waals surface area (Å²) >= 11 is 0. The zero-order valence-electron chi connectivity index (χ0n) is 12.7. The minimum atomic E-state index is -0.231. The van der Waals surface area contributed by atoms with Gasteiger partial charge in [0.05, 0.1) is 18.7 Å². The molecule has 2 N–H and O–H groups in total. The van der Waals surface area contributed by atoms with Gasteiger partial charge in [0.2, 0.25) is 5.91 Å². The molecule has 0 aromatic heterocycles. The number of nitriles is 1. The fourth-order valence-corrected chi connectivity index (χ4v) is 4.66. The van der Waals surface area contributed by atoms with Gasteiger partial charge >= 0.3 is 0 Å². The second kappa shape index (κ2) is 5.58. The Bertz CT molecular complexity index is 445. The van der Waals surface area contributed by atoms with Crippen molar-refractivity contribution in [3.8, 4) is 6.07 Å². The summed E-state index contributed by atoms with van der Waals surface area (Å²) in [6, 6.07) is 1.99. The summed E-state index contributed by atoms with van der Waals surface area (Å²) in [5.74, 6) is 1.26. The Hall–Kier alpha value is -1.12. The van der Waals surface area contributed by atoms with E-state index in [1.54, 1.807) is 4.90 Å². The first-order chi connectivity index (χ1) is 10.0. The topological polar surface area (TPSA) is 76.4 Å². The summed E-state index contributed by atoms with van der Waals surface area (Å²) in [6.45, 7) is 3.24. The number of carbonyl (C=O) groups is 1. The van der Waals surface area contributed by atoms with Crippen LogP contribution < -0.4 is 5.32 Å². The highest BCUT2D eigenvalue weighted by Gasteiger charge is 2.46. The van der Waals surface area contributed by atoms with Gasteiger partial charge in [0.1, 0.15) is 6.04 Å². The summed E-state index contributed by atoms with van der Waals surface area (Å²) in [4.78, 5) is 14.0. The largest absolute Gasteiger partial charge is 0.393 e. The first kappa shape index (κ1) is 14.8. The maximum Gasteiger partial charge on any atom is 0.237 e. The van der Waals surface area contributed by atoms with Gasteiger partial charge in [-0.3, -0.25) is 4.79 Å². The third-order valence-corrected chi connectivity index (χ3v) is 5.63. The first-order valence-electron chi connectivity index (χ1n) is 8.13. The van der Waals surface area contributed by atoms with Crippen LogP contribution in [0.3, 0.4) is 0 Å². The zero-order valence-corrected chi connectivity index (χ0v) is 12.7. The molecule has 5 heteroatoms. The molecule has 2 saturated carbocycles. The van der Waals surface area contributed by atoms with E-state index >= 15 is 0 Å². The molecule has 1 heterocycles. The Morgan fingerprint density at radius 1 is 1.43 bits per heavy atom. The number of nitrogens with one attached hydrogen (secondary N) is 1. The van der Waals surface area contributed by atoms with E-state index in [2.05, 4.69) is 18.3 Å². The Balaban J connectivity index is 1.51. The molecule has 0 aromatic rings. The van der Waals surface area contributed by atoms with Crippen LogP contribution in [0.5, 0.6) is 0 Å². The van der Waals surface area contributed by atoms with E-state index in [1.165, 1.54) is 0 Å². The number of hydrogen-bond donors (Lipinski definition) is 2. The molecule has 21 heavy (non-hydrogen) atoms. The Morgan fingerprint density at radius 3 is 2.71 bits per heavy atom. The van der Waals surface area contributed by atoms with E-state index in [0.29, 0.717) is 24.9 Å². The molecule has 0 aromatic carbocycles. The number of nitrogens with zero attached hydrogens (tertiary/aromatic N) is 2. The lowest BCUT2D eigenvalue weighted by Crippen LogP contribution is -2.48. The lowest BCUT2D eigenvalue weighted by molar-refractivity contribution is -0.130. The highest BCUT2D eigenvalue weighted by molar-refractivity contribution is 5.79. The summed E-state index contributed by atoms with van der Waals surface area (Å²) < 4.78 is 0. The quantitative estimate of drug-likeness (QED) is 0.814. The molecule has 5 nitrogen and oxygen atoms in total. The highest BCUT2D eigenvalue weighted by Crippen LogP contribution is 2.48. The van der Waals surface area contributed by atoms with Crippen molar-refractivity contribution < 1.29 is 9.90 Å². The van der Waals surface area contributed by atoms with Crippen LogP contribution in [-0.4, -0.2) is 46.7 Å². The van der Waals surface area contributed by atoms with Crippen LogP contribution in [0.4, 0.5) is 0 Å².